The third kappa shape index (κ3) is 3.06. The molecule has 2 aromatic heterocycles. The van der Waals surface area contributed by atoms with E-state index in [1.807, 2.05) is 60.7 Å². The molecule has 2 aromatic carbocycles. The summed E-state index contributed by atoms with van der Waals surface area (Å²) >= 11 is 0. The van der Waals surface area contributed by atoms with Crippen LogP contribution in [0.15, 0.2) is 65.1 Å². The summed E-state index contributed by atoms with van der Waals surface area (Å²) in [6, 6.07) is 19.0. The average Bonchev–Trinajstić information content (AvgIpc) is 3.26. The van der Waals surface area contributed by atoms with Gasteiger partial charge in [0, 0.05) is 18.1 Å². The predicted molar refractivity (Wildman–Crippen MR) is 105 cm³/mol. The van der Waals surface area contributed by atoms with Crippen molar-refractivity contribution in [3.8, 4) is 17.2 Å². The molecule has 0 spiro atoms. The summed E-state index contributed by atoms with van der Waals surface area (Å²) < 4.78 is 7.78. The van der Waals surface area contributed by atoms with E-state index in [1.165, 1.54) is 0 Å². The summed E-state index contributed by atoms with van der Waals surface area (Å²) in [4.78, 5) is 4.43. The van der Waals surface area contributed by atoms with Gasteiger partial charge in [-0.25, -0.2) is 4.98 Å². The van der Waals surface area contributed by atoms with Gasteiger partial charge in [-0.1, -0.05) is 36.4 Å². The molecule has 0 atom stereocenters. The summed E-state index contributed by atoms with van der Waals surface area (Å²) in [5, 5.41) is 15.2. The Labute approximate surface area is 155 Å². The molecule has 2 heterocycles. The quantitative estimate of drug-likeness (QED) is 0.322. The number of benzene rings is 2. The number of nitrogen functional groups attached to an aromatic ring is 1. The van der Waals surface area contributed by atoms with Crippen molar-refractivity contribution < 1.29 is 4.42 Å². The molecule has 0 radical (unpaired) electrons. The van der Waals surface area contributed by atoms with Crippen molar-refractivity contribution in [3.63, 3.8) is 0 Å². The standard InChI is InChI=1S/C20H18N6O/c21-17(22)11-12-5-7-13(8-6-12)16-9-10-18(27-16)26-15-4-2-1-3-14(15)25-20(26)19(23)24/h1-10H,11H2,(H3,21,22)(H3,23,24). The molecule has 0 unspecified atom stereocenters. The highest BCUT2D eigenvalue weighted by atomic mass is 16.4. The molecule has 7 nitrogen and oxygen atoms in total. The summed E-state index contributed by atoms with van der Waals surface area (Å²) in [5.41, 5.74) is 14.6. The number of para-hydroxylation sites is 2. The van der Waals surface area contributed by atoms with Crippen molar-refractivity contribution in [3.05, 3.63) is 72.1 Å². The lowest BCUT2D eigenvalue weighted by Gasteiger charge is -2.05. The predicted octanol–water partition coefficient (Wildman–Crippen LogP) is 3.05. The Morgan fingerprint density at radius 2 is 1.70 bits per heavy atom. The number of fused-ring (bicyclic) bond motifs is 1. The molecule has 4 rings (SSSR count). The molecular weight excluding hydrogens is 340 g/mol. The summed E-state index contributed by atoms with van der Waals surface area (Å²) in [7, 11) is 0. The van der Waals surface area contributed by atoms with Crippen molar-refractivity contribution in [2.75, 3.05) is 0 Å². The smallest absolute Gasteiger partial charge is 0.206 e. The van der Waals surface area contributed by atoms with Gasteiger partial charge in [-0.3, -0.25) is 15.4 Å². The van der Waals surface area contributed by atoms with Gasteiger partial charge in [0.15, 0.2) is 11.7 Å². The fraction of sp³-hybridized carbons (Fsp3) is 0.0500. The molecule has 0 bridgehead atoms. The number of hydrogen-bond acceptors (Lipinski definition) is 4. The SMILES string of the molecule is N=C(N)Cc1ccc(-c2ccc(-n3c(C(=N)N)nc4ccccc43)o2)cc1. The van der Waals surface area contributed by atoms with Crippen molar-refractivity contribution in [1.29, 1.82) is 10.8 Å². The van der Waals surface area contributed by atoms with Crippen LogP contribution in [0.4, 0.5) is 0 Å². The van der Waals surface area contributed by atoms with Crippen LogP contribution in [-0.4, -0.2) is 21.2 Å². The molecule has 0 aliphatic heterocycles. The van der Waals surface area contributed by atoms with Crippen LogP contribution >= 0.6 is 0 Å². The number of nitrogens with two attached hydrogens (primary N) is 2. The van der Waals surface area contributed by atoms with Crippen LogP contribution < -0.4 is 11.5 Å². The van der Waals surface area contributed by atoms with E-state index in [1.54, 1.807) is 4.57 Å². The van der Waals surface area contributed by atoms with Gasteiger partial charge >= 0.3 is 0 Å². The molecule has 0 aliphatic rings. The molecule has 7 heteroatoms. The number of rotatable bonds is 5. The van der Waals surface area contributed by atoms with Gasteiger partial charge in [0.25, 0.3) is 0 Å². The lowest BCUT2D eigenvalue weighted by atomic mass is 10.1. The third-order valence-corrected chi connectivity index (χ3v) is 4.25. The Balaban J connectivity index is 1.75. The van der Waals surface area contributed by atoms with E-state index in [9.17, 15) is 0 Å². The second-order valence-corrected chi connectivity index (χ2v) is 6.21. The van der Waals surface area contributed by atoms with E-state index in [4.69, 9.17) is 26.7 Å². The monoisotopic (exact) mass is 358 g/mol. The zero-order valence-corrected chi connectivity index (χ0v) is 14.4. The van der Waals surface area contributed by atoms with Crippen molar-refractivity contribution in [1.82, 2.24) is 9.55 Å². The van der Waals surface area contributed by atoms with E-state index in [0.717, 1.165) is 22.2 Å². The second-order valence-electron chi connectivity index (χ2n) is 6.21. The van der Waals surface area contributed by atoms with Gasteiger partial charge in [-0.2, -0.15) is 0 Å². The zero-order chi connectivity index (χ0) is 19.0. The van der Waals surface area contributed by atoms with Crippen LogP contribution in [0, 0.1) is 10.8 Å². The van der Waals surface area contributed by atoms with Crippen LogP contribution in [0.25, 0.3) is 28.2 Å². The molecular formula is C20H18N6O. The molecule has 6 N–H and O–H groups in total. The summed E-state index contributed by atoms with van der Waals surface area (Å²) in [5.74, 6) is 1.57. The normalized spacial score (nSPS) is 11.0. The first-order chi connectivity index (χ1) is 13.0. The Kier molecular flexibility index (Phi) is 3.97. The topological polar surface area (TPSA) is 131 Å². The number of imidazole rings is 1. The fourth-order valence-electron chi connectivity index (χ4n) is 3.04. The second kappa shape index (κ2) is 6.45. The molecule has 134 valence electrons. The van der Waals surface area contributed by atoms with E-state index in [2.05, 4.69) is 4.98 Å². The van der Waals surface area contributed by atoms with Crippen LogP contribution in [0.2, 0.25) is 0 Å². The Hall–Kier alpha value is -3.87. The zero-order valence-electron chi connectivity index (χ0n) is 14.4. The minimum atomic E-state index is -0.127. The van der Waals surface area contributed by atoms with Crippen LogP contribution in [0.5, 0.6) is 0 Å². The number of hydrogen-bond donors (Lipinski definition) is 4. The Morgan fingerprint density at radius 1 is 0.963 bits per heavy atom. The molecule has 4 aromatic rings. The molecule has 0 saturated heterocycles. The molecule has 0 amide bonds. The largest absolute Gasteiger partial charge is 0.440 e. The fourth-order valence-corrected chi connectivity index (χ4v) is 3.04. The number of aromatic nitrogens is 2. The van der Waals surface area contributed by atoms with Gasteiger partial charge in [0.2, 0.25) is 5.88 Å². The van der Waals surface area contributed by atoms with Crippen molar-refractivity contribution >= 4 is 22.7 Å². The minimum Gasteiger partial charge on any atom is -0.440 e. The number of furan rings is 1. The maximum atomic E-state index is 7.83. The van der Waals surface area contributed by atoms with E-state index in [0.29, 0.717) is 23.9 Å². The van der Waals surface area contributed by atoms with Gasteiger partial charge in [-0.05, 0) is 23.8 Å². The van der Waals surface area contributed by atoms with Gasteiger partial charge in [-0.15, -0.1) is 0 Å². The lowest BCUT2D eigenvalue weighted by Crippen LogP contribution is -2.17. The molecule has 0 fully saturated rings. The van der Waals surface area contributed by atoms with Crippen LogP contribution in [0.3, 0.4) is 0 Å². The Morgan fingerprint density at radius 3 is 2.41 bits per heavy atom. The highest BCUT2D eigenvalue weighted by Gasteiger charge is 2.17. The van der Waals surface area contributed by atoms with Gasteiger partial charge in [0.05, 0.1) is 16.9 Å². The number of amidine groups is 2. The first kappa shape index (κ1) is 16.6. The maximum Gasteiger partial charge on any atom is 0.206 e. The maximum absolute atomic E-state index is 7.83. The third-order valence-electron chi connectivity index (χ3n) is 4.25. The first-order valence-corrected chi connectivity index (χ1v) is 8.37. The van der Waals surface area contributed by atoms with E-state index in [-0.39, 0.29) is 11.7 Å². The highest BCUT2D eigenvalue weighted by Crippen LogP contribution is 2.28. The van der Waals surface area contributed by atoms with E-state index < -0.39 is 0 Å². The average molecular weight is 358 g/mol. The summed E-state index contributed by atoms with van der Waals surface area (Å²) in [6.07, 6.45) is 0.423. The van der Waals surface area contributed by atoms with Crippen LogP contribution in [-0.2, 0) is 6.42 Å². The summed E-state index contributed by atoms with van der Waals surface area (Å²) in [6.45, 7) is 0. The lowest BCUT2D eigenvalue weighted by molar-refractivity contribution is 0.554. The van der Waals surface area contributed by atoms with E-state index >= 15 is 0 Å². The van der Waals surface area contributed by atoms with Crippen LogP contribution in [0.1, 0.15) is 11.4 Å². The first-order valence-electron chi connectivity index (χ1n) is 8.37. The van der Waals surface area contributed by atoms with Gasteiger partial charge < -0.3 is 15.9 Å². The number of nitrogens with zero attached hydrogens (tertiary/aromatic N) is 2. The van der Waals surface area contributed by atoms with Gasteiger partial charge in [0.1, 0.15) is 5.76 Å². The molecule has 27 heavy (non-hydrogen) atoms. The van der Waals surface area contributed by atoms with Crippen molar-refractivity contribution in [2.45, 2.75) is 6.42 Å². The minimum absolute atomic E-state index is 0.127. The Bertz CT molecular complexity index is 1150. The van der Waals surface area contributed by atoms with Crippen molar-refractivity contribution in [2.24, 2.45) is 11.5 Å². The molecule has 0 saturated carbocycles. The highest BCUT2D eigenvalue weighted by molar-refractivity contribution is 5.96. The number of nitrogens with one attached hydrogen (secondary N) is 2. The molecule has 0 aliphatic carbocycles.